The van der Waals surface area contributed by atoms with Gasteiger partial charge in [0.25, 0.3) is 0 Å². The molecule has 0 saturated carbocycles. The first-order chi connectivity index (χ1) is 8.77. The Morgan fingerprint density at radius 2 is 1.74 bits per heavy atom. The summed E-state index contributed by atoms with van der Waals surface area (Å²) >= 11 is 0. The summed E-state index contributed by atoms with van der Waals surface area (Å²) in [5.41, 5.74) is 2.87. The molecule has 0 aromatic rings. The normalized spacial score (nSPS) is 23.1. The Kier molecular flexibility index (Phi) is 5.23. The maximum absolute atomic E-state index is 12.4. The van der Waals surface area contributed by atoms with Crippen LogP contribution < -0.4 is 0 Å². The van der Waals surface area contributed by atoms with Gasteiger partial charge in [0, 0.05) is 0 Å². The molecule has 0 bridgehead atoms. The molecule has 0 saturated heterocycles. The van der Waals surface area contributed by atoms with Crippen LogP contribution in [-0.2, 0) is 9.53 Å². The minimum Gasteiger partial charge on any atom is -0.466 e. The number of hydrogen-bond donors (Lipinski definition) is 0. The van der Waals surface area contributed by atoms with Crippen LogP contribution in [0.1, 0.15) is 61.3 Å². The quantitative estimate of drug-likeness (QED) is 0.549. The van der Waals surface area contributed by atoms with Crippen molar-refractivity contribution >= 4 is 5.97 Å². The number of carbonyl (C=O) groups excluding carboxylic acids is 1. The van der Waals surface area contributed by atoms with Crippen LogP contribution in [-0.4, -0.2) is 12.6 Å². The first kappa shape index (κ1) is 16.3. The van der Waals surface area contributed by atoms with Gasteiger partial charge in [0.1, 0.15) is 0 Å². The summed E-state index contributed by atoms with van der Waals surface area (Å²) in [6, 6.07) is 0. The number of carbonyl (C=O) groups is 1. The summed E-state index contributed by atoms with van der Waals surface area (Å²) in [5, 5.41) is 0. The Morgan fingerprint density at radius 3 is 2.16 bits per heavy atom. The smallest absolute Gasteiger partial charge is 0.309 e. The van der Waals surface area contributed by atoms with Crippen LogP contribution in [0.15, 0.2) is 11.1 Å². The summed E-state index contributed by atoms with van der Waals surface area (Å²) in [7, 11) is 0. The average molecular weight is 266 g/mol. The molecule has 0 N–H and O–H groups in total. The number of allylic oxidation sites excluding steroid dienone is 2. The maximum atomic E-state index is 12.4. The molecule has 0 radical (unpaired) electrons. The Morgan fingerprint density at radius 1 is 1.21 bits per heavy atom. The monoisotopic (exact) mass is 266 g/mol. The van der Waals surface area contributed by atoms with Gasteiger partial charge in [-0.15, -0.1) is 0 Å². The second kappa shape index (κ2) is 6.11. The summed E-state index contributed by atoms with van der Waals surface area (Å²) in [5.74, 6) is 0.961. The fraction of sp³-hybridized carbons (Fsp3) is 0.824. The van der Waals surface area contributed by atoms with Crippen molar-refractivity contribution in [3.8, 4) is 0 Å². The van der Waals surface area contributed by atoms with Crippen molar-refractivity contribution in [1.29, 1.82) is 0 Å². The molecular formula is C17H30O2. The number of ether oxygens (including phenoxy) is 1. The largest absolute Gasteiger partial charge is 0.466 e. The molecule has 1 rings (SSSR count). The molecule has 0 aliphatic heterocycles. The molecule has 1 atom stereocenters. The van der Waals surface area contributed by atoms with Gasteiger partial charge in [-0.05, 0) is 50.9 Å². The molecule has 0 aromatic carbocycles. The van der Waals surface area contributed by atoms with Gasteiger partial charge < -0.3 is 4.74 Å². The first-order valence-corrected chi connectivity index (χ1v) is 7.59. The van der Waals surface area contributed by atoms with Crippen LogP contribution in [0.25, 0.3) is 0 Å². The lowest BCUT2D eigenvalue weighted by molar-refractivity contribution is -0.158. The van der Waals surface area contributed by atoms with Gasteiger partial charge in [-0.25, -0.2) is 0 Å². The molecule has 1 unspecified atom stereocenters. The Hall–Kier alpha value is -0.790. The van der Waals surface area contributed by atoms with Crippen LogP contribution in [0.5, 0.6) is 0 Å². The van der Waals surface area contributed by atoms with Crippen LogP contribution in [0.4, 0.5) is 0 Å². The molecule has 0 amide bonds. The fourth-order valence-corrected chi connectivity index (χ4v) is 3.83. The molecule has 0 spiro atoms. The standard InChI is InChI=1S/C17H30O2/c1-8-19-16(18)15-9-13(6)14(7)10-17(15,11(2)3)12(4)5/h11-12,15H,8-10H2,1-7H3. The van der Waals surface area contributed by atoms with Gasteiger partial charge in [0.05, 0.1) is 12.5 Å². The molecule has 1 aliphatic carbocycles. The molecule has 0 fully saturated rings. The Balaban J connectivity index is 3.25. The fourth-order valence-electron chi connectivity index (χ4n) is 3.83. The van der Waals surface area contributed by atoms with Crippen molar-refractivity contribution < 1.29 is 9.53 Å². The highest BCUT2D eigenvalue weighted by Crippen LogP contribution is 2.53. The highest BCUT2D eigenvalue weighted by molar-refractivity contribution is 5.74. The van der Waals surface area contributed by atoms with Gasteiger partial charge in [-0.1, -0.05) is 38.8 Å². The van der Waals surface area contributed by atoms with Crippen molar-refractivity contribution in [3.05, 3.63) is 11.1 Å². The third-order valence-electron chi connectivity index (χ3n) is 5.18. The van der Waals surface area contributed by atoms with Gasteiger partial charge in [0.15, 0.2) is 0 Å². The van der Waals surface area contributed by atoms with Crippen LogP contribution in [0.3, 0.4) is 0 Å². The van der Waals surface area contributed by atoms with Crippen LogP contribution in [0.2, 0.25) is 0 Å². The molecule has 2 nitrogen and oxygen atoms in total. The molecule has 0 aromatic heterocycles. The highest BCUT2D eigenvalue weighted by Gasteiger charge is 2.50. The minimum absolute atomic E-state index is 0.00301. The van der Waals surface area contributed by atoms with E-state index >= 15 is 0 Å². The molecule has 19 heavy (non-hydrogen) atoms. The lowest BCUT2D eigenvalue weighted by Gasteiger charge is -2.49. The van der Waals surface area contributed by atoms with Crippen molar-refractivity contribution in [2.75, 3.05) is 6.61 Å². The van der Waals surface area contributed by atoms with E-state index in [1.54, 1.807) is 0 Å². The molecule has 0 heterocycles. The van der Waals surface area contributed by atoms with E-state index in [0.29, 0.717) is 18.4 Å². The Labute approximate surface area is 118 Å². The second-order valence-electron chi connectivity index (χ2n) is 6.67. The first-order valence-electron chi connectivity index (χ1n) is 7.59. The minimum atomic E-state index is -0.00301. The maximum Gasteiger partial charge on any atom is 0.309 e. The lowest BCUT2D eigenvalue weighted by Crippen LogP contribution is -2.47. The van der Waals surface area contributed by atoms with Crippen molar-refractivity contribution in [3.63, 3.8) is 0 Å². The number of esters is 1. The Bertz CT molecular complexity index is 355. The van der Waals surface area contributed by atoms with Crippen molar-refractivity contribution in [1.82, 2.24) is 0 Å². The molecule has 1 aliphatic rings. The number of hydrogen-bond acceptors (Lipinski definition) is 2. The van der Waals surface area contributed by atoms with Gasteiger partial charge in [-0.2, -0.15) is 0 Å². The van der Waals surface area contributed by atoms with E-state index in [4.69, 9.17) is 4.74 Å². The van der Waals surface area contributed by atoms with E-state index in [0.717, 1.165) is 12.8 Å². The predicted octanol–water partition coefficient (Wildman–Crippen LogP) is 4.59. The zero-order valence-electron chi connectivity index (χ0n) is 13.7. The van der Waals surface area contributed by atoms with E-state index in [-0.39, 0.29) is 17.3 Å². The summed E-state index contributed by atoms with van der Waals surface area (Å²) in [6.07, 6.45) is 1.89. The van der Waals surface area contributed by atoms with Crippen LogP contribution >= 0.6 is 0 Å². The molecular weight excluding hydrogens is 236 g/mol. The average Bonchev–Trinajstić information content (AvgIpc) is 2.31. The SMILES string of the molecule is CCOC(=O)C1CC(C)=C(C)CC1(C(C)C)C(C)C. The third-order valence-corrected chi connectivity index (χ3v) is 5.18. The summed E-state index contributed by atoms with van der Waals surface area (Å²) in [4.78, 5) is 12.4. The van der Waals surface area contributed by atoms with E-state index in [2.05, 4.69) is 41.5 Å². The zero-order chi connectivity index (χ0) is 14.8. The van der Waals surface area contributed by atoms with E-state index in [9.17, 15) is 4.79 Å². The topological polar surface area (TPSA) is 26.3 Å². The zero-order valence-corrected chi connectivity index (χ0v) is 13.7. The summed E-state index contributed by atoms with van der Waals surface area (Å²) in [6.45, 7) is 15.7. The van der Waals surface area contributed by atoms with Gasteiger partial charge in [-0.3, -0.25) is 4.79 Å². The second-order valence-corrected chi connectivity index (χ2v) is 6.67. The van der Waals surface area contributed by atoms with E-state index in [1.165, 1.54) is 11.1 Å². The van der Waals surface area contributed by atoms with E-state index < -0.39 is 0 Å². The highest BCUT2D eigenvalue weighted by atomic mass is 16.5. The van der Waals surface area contributed by atoms with E-state index in [1.807, 2.05) is 6.92 Å². The van der Waals surface area contributed by atoms with Gasteiger partial charge in [0.2, 0.25) is 0 Å². The predicted molar refractivity (Wildman–Crippen MR) is 79.8 cm³/mol. The molecule has 2 heteroatoms. The van der Waals surface area contributed by atoms with Crippen LogP contribution in [0, 0.1) is 23.2 Å². The summed E-state index contributed by atoms with van der Waals surface area (Å²) < 4.78 is 5.36. The number of rotatable bonds is 4. The van der Waals surface area contributed by atoms with Crippen molar-refractivity contribution in [2.45, 2.75) is 61.3 Å². The third kappa shape index (κ3) is 2.88. The lowest BCUT2D eigenvalue weighted by atomic mass is 9.54. The molecule has 110 valence electrons. The van der Waals surface area contributed by atoms with Gasteiger partial charge >= 0.3 is 5.97 Å². The van der Waals surface area contributed by atoms with Crippen molar-refractivity contribution in [2.24, 2.45) is 23.2 Å².